The fraction of sp³-hybridized carbons (Fsp3) is 0.475. The zero-order chi connectivity index (χ0) is 34.5. The van der Waals surface area contributed by atoms with Crippen molar-refractivity contribution in [2.24, 2.45) is 5.92 Å². The fourth-order valence-corrected chi connectivity index (χ4v) is 6.70. The number of rotatable bonds is 18. The molecule has 3 aromatic carbocycles. The van der Waals surface area contributed by atoms with Crippen LogP contribution in [0.25, 0.3) is 0 Å². The van der Waals surface area contributed by atoms with Gasteiger partial charge < -0.3 is 28.9 Å². The molecule has 9 nitrogen and oxygen atoms in total. The molecule has 1 fully saturated rings. The zero-order valence-corrected chi connectivity index (χ0v) is 29.1. The molecule has 0 spiro atoms. The van der Waals surface area contributed by atoms with Gasteiger partial charge in [0.05, 0.1) is 59.0 Å². The third-order valence-electron chi connectivity index (χ3n) is 9.70. The van der Waals surface area contributed by atoms with Gasteiger partial charge in [-0.3, -0.25) is 9.59 Å². The van der Waals surface area contributed by atoms with Crippen LogP contribution >= 0.6 is 0 Å². The Bertz CT molecular complexity index is 1420. The first-order valence-electron chi connectivity index (χ1n) is 17.7. The van der Waals surface area contributed by atoms with Crippen LogP contribution in [0.15, 0.2) is 84.9 Å². The Morgan fingerprint density at radius 2 is 1.31 bits per heavy atom. The van der Waals surface area contributed by atoms with Crippen LogP contribution in [-0.2, 0) is 14.2 Å². The van der Waals surface area contributed by atoms with E-state index in [0.717, 1.165) is 74.0 Å². The van der Waals surface area contributed by atoms with Gasteiger partial charge in [-0.15, -0.1) is 0 Å². The summed E-state index contributed by atoms with van der Waals surface area (Å²) in [6, 6.07) is 26.8. The Balaban J connectivity index is 0.876. The third kappa shape index (κ3) is 10.8. The summed E-state index contributed by atoms with van der Waals surface area (Å²) in [5.41, 5.74) is 3.20. The van der Waals surface area contributed by atoms with Gasteiger partial charge in [0.1, 0.15) is 12.6 Å². The summed E-state index contributed by atoms with van der Waals surface area (Å²) >= 11 is 0. The van der Waals surface area contributed by atoms with Crippen LogP contribution in [0.3, 0.4) is 0 Å². The number of carbonyl (C=O) groups excluding carboxylic acids is 3. The van der Waals surface area contributed by atoms with E-state index in [1.54, 1.807) is 12.1 Å². The summed E-state index contributed by atoms with van der Waals surface area (Å²) in [7, 11) is 4.38. The van der Waals surface area contributed by atoms with Gasteiger partial charge in [-0.25, -0.2) is 4.79 Å². The van der Waals surface area contributed by atoms with Crippen LogP contribution in [0.2, 0.25) is 0 Å². The third-order valence-corrected chi connectivity index (χ3v) is 9.70. The molecule has 0 bridgehead atoms. The SMILES string of the molecule is C[N+](C)(CCCCC1C(=O)c2ccccc2C1=O)CCOCCOCCN1CCC(OC(=O)NC(c2ccccc2)c2ccccc2)CC1. The molecule has 0 atom stereocenters. The number of nitrogens with zero attached hydrogens (tertiary/aromatic N) is 2. The van der Waals surface area contributed by atoms with Crippen LogP contribution in [0.1, 0.15) is 70.0 Å². The molecule has 49 heavy (non-hydrogen) atoms. The first-order chi connectivity index (χ1) is 23.8. The first-order valence-corrected chi connectivity index (χ1v) is 17.7. The number of ether oxygens (including phenoxy) is 3. The van der Waals surface area contributed by atoms with Crippen molar-refractivity contribution in [2.75, 3.05) is 73.2 Å². The van der Waals surface area contributed by atoms with Crippen molar-refractivity contribution in [3.63, 3.8) is 0 Å². The van der Waals surface area contributed by atoms with E-state index in [0.29, 0.717) is 44.0 Å². The zero-order valence-electron chi connectivity index (χ0n) is 29.1. The summed E-state index contributed by atoms with van der Waals surface area (Å²) in [6.45, 7) is 6.86. The summed E-state index contributed by atoms with van der Waals surface area (Å²) in [5, 5.41) is 3.08. The van der Waals surface area contributed by atoms with Crippen molar-refractivity contribution in [1.82, 2.24) is 10.2 Å². The molecule has 1 saturated heterocycles. The number of likely N-dealkylation sites (N-methyl/N-ethyl adjacent to an activating group) is 1. The highest BCUT2D eigenvalue weighted by Crippen LogP contribution is 2.30. The number of likely N-dealkylation sites (tertiary alicyclic amines) is 1. The van der Waals surface area contributed by atoms with Crippen molar-refractivity contribution in [2.45, 2.75) is 44.2 Å². The molecule has 0 aromatic heterocycles. The van der Waals surface area contributed by atoms with Gasteiger partial charge in [0.15, 0.2) is 11.6 Å². The Morgan fingerprint density at radius 3 is 1.90 bits per heavy atom. The summed E-state index contributed by atoms with van der Waals surface area (Å²) in [5.74, 6) is -0.537. The Labute approximate surface area is 291 Å². The first kappa shape index (κ1) is 36.4. The maximum absolute atomic E-state index is 12.9. The topological polar surface area (TPSA) is 94.2 Å². The summed E-state index contributed by atoms with van der Waals surface area (Å²) in [6.07, 6.45) is 3.56. The van der Waals surface area contributed by atoms with Crippen molar-refractivity contribution in [1.29, 1.82) is 0 Å². The van der Waals surface area contributed by atoms with Gasteiger partial charge in [-0.2, -0.15) is 0 Å². The fourth-order valence-electron chi connectivity index (χ4n) is 6.70. The molecule has 1 amide bonds. The van der Waals surface area contributed by atoms with E-state index in [1.165, 1.54) is 0 Å². The maximum Gasteiger partial charge on any atom is 0.408 e. The molecule has 262 valence electrons. The van der Waals surface area contributed by atoms with Crippen LogP contribution in [0.5, 0.6) is 0 Å². The number of benzene rings is 3. The average molecular weight is 671 g/mol. The molecule has 0 saturated carbocycles. The molecule has 5 rings (SSSR count). The number of ketones is 2. The number of quaternary nitrogens is 1. The molecule has 3 aromatic rings. The molecule has 1 aliphatic heterocycles. The van der Waals surface area contributed by atoms with E-state index in [9.17, 15) is 14.4 Å². The largest absolute Gasteiger partial charge is 0.446 e. The monoisotopic (exact) mass is 670 g/mol. The minimum Gasteiger partial charge on any atom is -0.446 e. The molecule has 1 heterocycles. The van der Waals surface area contributed by atoms with Gasteiger partial charge in [-0.05, 0) is 43.2 Å². The maximum atomic E-state index is 12.9. The van der Waals surface area contributed by atoms with E-state index < -0.39 is 5.92 Å². The lowest BCUT2D eigenvalue weighted by Gasteiger charge is -2.32. The van der Waals surface area contributed by atoms with Gasteiger partial charge in [0.25, 0.3) is 0 Å². The molecule has 0 radical (unpaired) electrons. The smallest absolute Gasteiger partial charge is 0.408 e. The molecule has 0 unspecified atom stereocenters. The lowest BCUT2D eigenvalue weighted by Crippen LogP contribution is -2.43. The van der Waals surface area contributed by atoms with Crippen LogP contribution < -0.4 is 5.32 Å². The number of piperidine rings is 1. The number of amides is 1. The minimum absolute atomic E-state index is 0.0158. The van der Waals surface area contributed by atoms with E-state index in [2.05, 4.69) is 24.3 Å². The number of nitrogens with one attached hydrogen (secondary N) is 1. The molecule has 9 heteroatoms. The van der Waals surface area contributed by atoms with E-state index in [1.807, 2.05) is 72.8 Å². The normalized spacial score (nSPS) is 15.9. The van der Waals surface area contributed by atoms with Crippen LogP contribution in [0, 0.1) is 5.92 Å². The van der Waals surface area contributed by atoms with E-state index in [4.69, 9.17) is 14.2 Å². The molecular weight excluding hydrogens is 618 g/mol. The Kier molecular flexibility index (Phi) is 13.5. The molecule has 1 aliphatic carbocycles. The number of carbonyl (C=O) groups is 3. The van der Waals surface area contributed by atoms with E-state index >= 15 is 0 Å². The number of Topliss-reactive ketones (excluding diaryl/α,β-unsaturated/α-hetero) is 2. The van der Waals surface area contributed by atoms with Crippen molar-refractivity contribution < 1.29 is 33.1 Å². The number of alkyl carbamates (subject to hydrolysis) is 1. The highest BCUT2D eigenvalue weighted by molar-refractivity contribution is 6.26. The van der Waals surface area contributed by atoms with Gasteiger partial charge in [0, 0.05) is 30.8 Å². The Morgan fingerprint density at radius 1 is 0.755 bits per heavy atom. The second-order valence-electron chi connectivity index (χ2n) is 13.8. The van der Waals surface area contributed by atoms with Gasteiger partial charge in [0.2, 0.25) is 0 Å². The van der Waals surface area contributed by atoms with Gasteiger partial charge >= 0.3 is 6.09 Å². The second-order valence-corrected chi connectivity index (χ2v) is 13.8. The predicted molar refractivity (Wildman–Crippen MR) is 190 cm³/mol. The summed E-state index contributed by atoms with van der Waals surface area (Å²) in [4.78, 5) is 40.5. The van der Waals surface area contributed by atoms with Crippen molar-refractivity contribution >= 4 is 17.7 Å². The number of fused-ring (bicyclic) bond motifs is 1. The lowest BCUT2D eigenvalue weighted by atomic mass is 9.97. The van der Waals surface area contributed by atoms with Gasteiger partial charge in [-0.1, -0.05) is 84.9 Å². The summed E-state index contributed by atoms with van der Waals surface area (Å²) < 4.78 is 18.3. The van der Waals surface area contributed by atoms with Crippen molar-refractivity contribution in [3.05, 3.63) is 107 Å². The predicted octanol–water partition coefficient (Wildman–Crippen LogP) is 5.94. The highest BCUT2D eigenvalue weighted by Gasteiger charge is 2.37. The lowest BCUT2D eigenvalue weighted by molar-refractivity contribution is -0.891. The number of hydrogen-bond donors (Lipinski definition) is 1. The molecular formula is C40H52N3O6+. The highest BCUT2D eigenvalue weighted by atomic mass is 16.6. The Hall–Kier alpha value is -3.89. The van der Waals surface area contributed by atoms with Crippen LogP contribution in [0.4, 0.5) is 4.79 Å². The van der Waals surface area contributed by atoms with Crippen molar-refractivity contribution in [3.8, 4) is 0 Å². The molecule has 1 N–H and O–H groups in total. The van der Waals surface area contributed by atoms with E-state index in [-0.39, 0.29) is 29.8 Å². The number of unbranched alkanes of at least 4 members (excludes halogenated alkanes) is 1. The number of hydrogen-bond acceptors (Lipinski definition) is 7. The molecule has 2 aliphatic rings. The minimum atomic E-state index is -0.505. The standard InChI is InChI=1S/C40H51N3O6/c1-43(2,25-12-11-19-36-38(44)34-17-9-10-18-35(34)39(36)45)26-28-48-30-29-47-27-24-42-22-20-33(21-23-42)49-40(46)41-37(31-13-5-3-6-14-31)32-15-7-4-8-16-32/h3-10,13-18,33,36-37H,11-12,19-30H2,1-2H3/p+1. The second kappa shape index (κ2) is 18.2. The average Bonchev–Trinajstić information content (AvgIpc) is 3.36. The quantitative estimate of drug-likeness (QED) is 0.102. The van der Waals surface area contributed by atoms with Crippen LogP contribution in [-0.4, -0.2) is 106 Å².